The third-order valence-electron chi connectivity index (χ3n) is 4.24. The smallest absolute Gasteiger partial charge is 0.228 e. The summed E-state index contributed by atoms with van der Waals surface area (Å²) in [6.45, 7) is 10.6. The number of amides is 1. The van der Waals surface area contributed by atoms with E-state index in [0.29, 0.717) is 19.5 Å². The van der Waals surface area contributed by atoms with E-state index in [-0.39, 0.29) is 24.0 Å². The maximum atomic E-state index is 12.4. The molecular formula is C17H27N3O2. The number of anilines is 1. The van der Waals surface area contributed by atoms with Crippen molar-refractivity contribution >= 4 is 11.6 Å². The van der Waals surface area contributed by atoms with E-state index in [1.807, 2.05) is 24.0 Å². The summed E-state index contributed by atoms with van der Waals surface area (Å²) in [6.07, 6.45) is 2.27. The lowest BCUT2D eigenvalue weighted by Crippen LogP contribution is -2.39. The quantitative estimate of drug-likeness (QED) is 0.925. The minimum Gasteiger partial charge on any atom is -0.395 e. The van der Waals surface area contributed by atoms with E-state index in [9.17, 15) is 9.90 Å². The standard InChI is InChI=1S/C17H27N3O2/c1-13(12-21)19-8-7-16(22)20(10-9-19)14-5-6-15(18-11-14)17(2,3)4/h5-6,11,13,21H,7-10,12H2,1-4H3/t13-/m1/s1. The molecule has 2 heterocycles. The van der Waals surface area contributed by atoms with Gasteiger partial charge in [0.1, 0.15) is 0 Å². The van der Waals surface area contributed by atoms with Crippen LogP contribution in [0.1, 0.15) is 39.8 Å². The molecule has 1 amide bonds. The molecule has 1 saturated heterocycles. The van der Waals surface area contributed by atoms with Gasteiger partial charge in [-0.15, -0.1) is 0 Å². The Morgan fingerprint density at radius 1 is 1.27 bits per heavy atom. The van der Waals surface area contributed by atoms with Gasteiger partial charge in [-0.1, -0.05) is 20.8 Å². The summed E-state index contributed by atoms with van der Waals surface area (Å²) in [6, 6.07) is 4.08. The fraction of sp³-hybridized carbons (Fsp3) is 0.647. The van der Waals surface area contributed by atoms with Gasteiger partial charge in [0.15, 0.2) is 0 Å². The molecule has 5 nitrogen and oxygen atoms in total. The number of carbonyl (C=O) groups excluding carboxylic acids is 1. The van der Waals surface area contributed by atoms with Gasteiger partial charge >= 0.3 is 0 Å². The van der Waals surface area contributed by atoms with Crippen molar-refractivity contribution in [3.8, 4) is 0 Å². The lowest BCUT2D eigenvalue weighted by atomic mass is 9.92. The van der Waals surface area contributed by atoms with Crippen LogP contribution in [0.3, 0.4) is 0 Å². The van der Waals surface area contributed by atoms with Crippen LogP contribution < -0.4 is 4.90 Å². The average molecular weight is 305 g/mol. The van der Waals surface area contributed by atoms with E-state index in [2.05, 4.69) is 30.7 Å². The molecule has 1 atom stereocenters. The zero-order chi connectivity index (χ0) is 16.3. The molecule has 22 heavy (non-hydrogen) atoms. The van der Waals surface area contributed by atoms with Gasteiger partial charge in [-0.2, -0.15) is 0 Å². The molecule has 1 aliphatic rings. The van der Waals surface area contributed by atoms with E-state index in [1.165, 1.54) is 0 Å². The number of aliphatic hydroxyl groups excluding tert-OH is 1. The molecule has 0 radical (unpaired) electrons. The Balaban J connectivity index is 2.13. The fourth-order valence-electron chi connectivity index (χ4n) is 2.66. The molecule has 0 saturated carbocycles. The highest BCUT2D eigenvalue weighted by molar-refractivity contribution is 5.93. The van der Waals surface area contributed by atoms with Crippen LogP contribution in [0, 0.1) is 0 Å². The Kier molecular flexibility index (Phi) is 5.19. The normalized spacial score (nSPS) is 19.1. The number of rotatable bonds is 3. The fourth-order valence-corrected chi connectivity index (χ4v) is 2.66. The highest BCUT2D eigenvalue weighted by Crippen LogP contribution is 2.23. The van der Waals surface area contributed by atoms with Crippen LogP contribution in [-0.4, -0.2) is 53.2 Å². The van der Waals surface area contributed by atoms with Crippen LogP contribution in [-0.2, 0) is 10.2 Å². The van der Waals surface area contributed by atoms with Crippen molar-refractivity contribution < 1.29 is 9.90 Å². The summed E-state index contributed by atoms with van der Waals surface area (Å²) in [5, 5.41) is 9.28. The highest BCUT2D eigenvalue weighted by Gasteiger charge is 2.25. The average Bonchev–Trinajstić information content (AvgIpc) is 2.68. The van der Waals surface area contributed by atoms with Crippen molar-refractivity contribution in [3.05, 3.63) is 24.0 Å². The predicted octanol–water partition coefficient (Wildman–Crippen LogP) is 1.80. The van der Waals surface area contributed by atoms with Gasteiger partial charge in [-0.3, -0.25) is 14.7 Å². The van der Waals surface area contributed by atoms with Crippen molar-refractivity contribution in [1.29, 1.82) is 0 Å². The minimum atomic E-state index is 0.00861. The summed E-state index contributed by atoms with van der Waals surface area (Å²) in [7, 11) is 0. The van der Waals surface area contributed by atoms with Gasteiger partial charge in [0, 0.05) is 43.2 Å². The largest absolute Gasteiger partial charge is 0.395 e. The third-order valence-corrected chi connectivity index (χ3v) is 4.24. The number of aliphatic hydroxyl groups is 1. The summed E-state index contributed by atoms with van der Waals surface area (Å²) in [5.74, 6) is 0.123. The lowest BCUT2D eigenvalue weighted by molar-refractivity contribution is -0.118. The first-order chi connectivity index (χ1) is 10.3. The van der Waals surface area contributed by atoms with E-state index in [1.54, 1.807) is 6.20 Å². The first kappa shape index (κ1) is 16.9. The molecule has 5 heteroatoms. The maximum Gasteiger partial charge on any atom is 0.228 e. The van der Waals surface area contributed by atoms with E-state index >= 15 is 0 Å². The van der Waals surface area contributed by atoms with Crippen molar-refractivity contribution in [2.75, 3.05) is 31.1 Å². The summed E-state index contributed by atoms with van der Waals surface area (Å²) in [5.41, 5.74) is 1.89. The Labute approximate surface area is 132 Å². The van der Waals surface area contributed by atoms with E-state index in [4.69, 9.17) is 0 Å². The van der Waals surface area contributed by atoms with Gasteiger partial charge in [-0.25, -0.2) is 0 Å². The Hall–Kier alpha value is -1.46. The predicted molar refractivity (Wildman–Crippen MR) is 88.0 cm³/mol. The summed E-state index contributed by atoms with van der Waals surface area (Å²) >= 11 is 0. The second-order valence-corrected chi connectivity index (χ2v) is 7.01. The van der Waals surface area contributed by atoms with Crippen LogP contribution in [0.2, 0.25) is 0 Å². The van der Waals surface area contributed by atoms with Crippen molar-refractivity contribution in [2.45, 2.75) is 45.6 Å². The number of pyridine rings is 1. The lowest BCUT2D eigenvalue weighted by Gasteiger charge is -2.26. The van der Waals surface area contributed by atoms with Crippen molar-refractivity contribution in [1.82, 2.24) is 9.88 Å². The number of aromatic nitrogens is 1. The second-order valence-electron chi connectivity index (χ2n) is 7.01. The SMILES string of the molecule is C[C@H](CO)N1CCC(=O)N(c2ccc(C(C)(C)C)nc2)CC1. The number of hydrogen-bond donors (Lipinski definition) is 1. The van der Waals surface area contributed by atoms with Crippen LogP contribution in [0.4, 0.5) is 5.69 Å². The molecule has 122 valence electrons. The van der Waals surface area contributed by atoms with Crippen LogP contribution in [0.25, 0.3) is 0 Å². The molecule has 0 bridgehead atoms. The van der Waals surface area contributed by atoms with Gasteiger partial charge in [0.25, 0.3) is 0 Å². The first-order valence-electron chi connectivity index (χ1n) is 7.94. The zero-order valence-electron chi connectivity index (χ0n) is 14.0. The second kappa shape index (κ2) is 6.75. The Morgan fingerprint density at radius 3 is 2.55 bits per heavy atom. The van der Waals surface area contributed by atoms with Gasteiger partial charge in [-0.05, 0) is 19.1 Å². The van der Waals surface area contributed by atoms with E-state index < -0.39 is 0 Å². The molecular weight excluding hydrogens is 278 g/mol. The summed E-state index contributed by atoms with van der Waals surface area (Å²) < 4.78 is 0. The van der Waals surface area contributed by atoms with Crippen LogP contribution in [0.5, 0.6) is 0 Å². The molecule has 0 aromatic carbocycles. The molecule has 2 rings (SSSR count). The molecule has 0 spiro atoms. The zero-order valence-corrected chi connectivity index (χ0v) is 14.0. The topological polar surface area (TPSA) is 56.7 Å². The number of hydrogen-bond acceptors (Lipinski definition) is 4. The molecule has 1 aromatic rings. The molecule has 1 fully saturated rings. The van der Waals surface area contributed by atoms with Crippen molar-refractivity contribution in [2.24, 2.45) is 0 Å². The maximum absolute atomic E-state index is 12.4. The van der Waals surface area contributed by atoms with E-state index in [0.717, 1.165) is 17.9 Å². The third kappa shape index (κ3) is 3.84. The van der Waals surface area contributed by atoms with Gasteiger partial charge < -0.3 is 10.0 Å². The van der Waals surface area contributed by atoms with Crippen LogP contribution in [0.15, 0.2) is 18.3 Å². The molecule has 1 N–H and O–H groups in total. The van der Waals surface area contributed by atoms with Gasteiger partial charge in [0.2, 0.25) is 5.91 Å². The molecule has 1 aromatic heterocycles. The molecule has 1 aliphatic heterocycles. The monoisotopic (exact) mass is 305 g/mol. The number of nitrogens with zero attached hydrogens (tertiary/aromatic N) is 3. The Morgan fingerprint density at radius 2 is 2.00 bits per heavy atom. The summed E-state index contributed by atoms with van der Waals surface area (Å²) in [4.78, 5) is 20.8. The highest BCUT2D eigenvalue weighted by atomic mass is 16.3. The minimum absolute atomic E-state index is 0.00861. The molecule has 0 aliphatic carbocycles. The van der Waals surface area contributed by atoms with Crippen molar-refractivity contribution in [3.63, 3.8) is 0 Å². The molecule has 0 unspecified atom stereocenters. The Bertz CT molecular complexity index is 508. The first-order valence-corrected chi connectivity index (χ1v) is 7.94. The number of carbonyl (C=O) groups is 1. The van der Waals surface area contributed by atoms with Gasteiger partial charge in [0.05, 0.1) is 18.5 Å². The van der Waals surface area contributed by atoms with Crippen LogP contribution >= 0.6 is 0 Å².